The summed E-state index contributed by atoms with van der Waals surface area (Å²) in [5.41, 5.74) is 6.34. The molecule has 2 amide bonds. The highest BCUT2D eigenvalue weighted by atomic mass is 32.2. The van der Waals surface area contributed by atoms with Crippen LogP contribution in [0.4, 0.5) is 0 Å². The van der Waals surface area contributed by atoms with Gasteiger partial charge in [-0.2, -0.15) is 0 Å². The Morgan fingerprint density at radius 1 is 1.35 bits per heavy atom. The number of rotatable bonds is 10. The number of aromatic nitrogens is 4. The van der Waals surface area contributed by atoms with Gasteiger partial charge in [0.15, 0.2) is 0 Å². The fourth-order valence-corrected chi connectivity index (χ4v) is 6.54. The second kappa shape index (κ2) is 10.1. The van der Waals surface area contributed by atoms with E-state index in [1.54, 1.807) is 17.5 Å². The van der Waals surface area contributed by atoms with Gasteiger partial charge >= 0.3 is 11.9 Å². The summed E-state index contributed by atoms with van der Waals surface area (Å²) < 4.78 is 1.33. The van der Waals surface area contributed by atoms with Crippen molar-refractivity contribution in [3.05, 3.63) is 33.7 Å². The van der Waals surface area contributed by atoms with E-state index in [-0.39, 0.29) is 24.4 Å². The first kappa shape index (κ1) is 24.2. The molecule has 16 heteroatoms. The van der Waals surface area contributed by atoms with Crippen LogP contribution in [0.5, 0.6) is 0 Å². The number of carbonyl (C=O) groups is 4. The topological polar surface area (TPSA) is 194 Å². The summed E-state index contributed by atoms with van der Waals surface area (Å²) in [6, 6.07) is 1.72. The summed E-state index contributed by atoms with van der Waals surface area (Å²) in [5, 5.41) is 34.0. The molecule has 2 aliphatic heterocycles. The van der Waals surface area contributed by atoms with Crippen LogP contribution in [-0.4, -0.2) is 82.0 Å². The lowest BCUT2D eigenvalue weighted by molar-refractivity contribution is -0.150. The zero-order chi connectivity index (χ0) is 24.4. The van der Waals surface area contributed by atoms with Crippen LogP contribution in [0.15, 0.2) is 33.9 Å². The number of amides is 2. The van der Waals surface area contributed by atoms with Gasteiger partial charge in [0.2, 0.25) is 11.1 Å². The van der Waals surface area contributed by atoms with Crippen LogP contribution in [0, 0.1) is 0 Å². The van der Waals surface area contributed by atoms with Crippen LogP contribution in [-0.2, 0) is 25.7 Å². The van der Waals surface area contributed by atoms with E-state index >= 15 is 0 Å². The van der Waals surface area contributed by atoms with Crippen molar-refractivity contribution in [2.24, 2.45) is 5.73 Å². The molecule has 5 N–H and O–H groups in total. The molecular weight excluding hydrogens is 506 g/mol. The Hall–Kier alpha value is -2.95. The fraction of sp³-hybridized carbons (Fsp3) is 0.389. The van der Waals surface area contributed by atoms with Gasteiger partial charge in [0.1, 0.15) is 23.2 Å². The van der Waals surface area contributed by atoms with Gasteiger partial charge in [-0.15, -0.1) is 28.2 Å². The third kappa shape index (κ3) is 4.79. The molecule has 0 bridgehead atoms. The Kier molecular flexibility index (Phi) is 7.20. The van der Waals surface area contributed by atoms with Crippen molar-refractivity contribution < 1.29 is 29.4 Å². The number of tetrazole rings is 1. The predicted octanol–water partition coefficient (Wildman–Crippen LogP) is -0.260. The summed E-state index contributed by atoms with van der Waals surface area (Å²) in [6.07, 6.45) is -0.162. The Morgan fingerprint density at radius 2 is 2.15 bits per heavy atom. The lowest BCUT2D eigenvalue weighted by Crippen LogP contribution is -2.71. The summed E-state index contributed by atoms with van der Waals surface area (Å²) in [6.45, 7) is 0.0753. The van der Waals surface area contributed by atoms with E-state index in [0.29, 0.717) is 21.4 Å². The number of carboxylic acids is 2. The molecule has 0 aromatic carbocycles. The number of nitrogens with one attached hydrogen (secondary N) is 1. The van der Waals surface area contributed by atoms with Crippen LogP contribution >= 0.6 is 34.9 Å². The van der Waals surface area contributed by atoms with Crippen molar-refractivity contribution in [3.63, 3.8) is 0 Å². The predicted molar refractivity (Wildman–Crippen MR) is 122 cm³/mol. The Labute approximate surface area is 204 Å². The van der Waals surface area contributed by atoms with E-state index in [0.717, 1.165) is 11.8 Å². The molecule has 0 saturated carbocycles. The molecule has 2 aromatic heterocycles. The number of thiophene rings is 1. The number of hydrogen-bond donors (Lipinski definition) is 4. The number of carboxylic acid groups (broad SMARTS) is 2. The number of thioether (sulfide) groups is 2. The minimum atomic E-state index is -1.25. The summed E-state index contributed by atoms with van der Waals surface area (Å²) >= 11 is 3.83. The standard InChI is InChI=1S/C18H19N7O6S3/c19-11(9-2-1-5-32-9)14(28)20-12-15(29)25-13(17(30)31)8(6-33-16(12)25)7-34-18-21-22-23-24(18)4-3-10(26)27/h1-2,5,11-12,16H,3-4,6-7,19H2,(H,20,28)(H,26,27)(H,30,31)/t11?,12?,16-/m1/s1. The molecule has 34 heavy (non-hydrogen) atoms. The number of aryl methyl sites for hydroxylation is 1. The molecule has 2 aromatic rings. The highest BCUT2D eigenvalue weighted by Gasteiger charge is 2.54. The molecule has 0 spiro atoms. The van der Waals surface area contributed by atoms with Crippen LogP contribution in [0.2, 0.25) is 0 Å². The van der Waals surface area contributed by atoms with Gasteiger partial charge in [-0.3, -0.25) is 19.3 Å². The molecule has 0 radical (unpaired) electrons. The maximum Gasteiger partial charge on any atom is 0.352 e. The van der Waals surface area contributed by atoms with E-state index in [9.17, 15) is 24.3 Å². The molecule has 13 nitrogen and oxygen atoms in total. The molecule has 3 atom stereocenters. The van der Waals surface area contributed by atoms with Gasteiger partial charge in [0, 0.05) is 16.4 Å². The Morgan fingerprint density at radius 3 is 2.82 bits per heavy atom. The second-order valence-corrected chi connectivity index (χ2v) is 10.3. The van der Waals surface area contributed by atoms with Gasteiger partial charge in [0.05, 0.1) is 13.0 Å². The van der Waals surface area contributed by atoms with Crippen LogP contribution in [0.25, 0.3) is 0 Å². The molecule has 2 unspecified atom stereocenters. The van der Waals surface area contributed by atoms with Gasteiger partial charge < -0.3 is 21.3 Å². The molecule has 1 saturated heterocycles. The number of hydrogen-bond acceptors (Lipinski definition) is 11. The number of nitrogens with two attached hydrogens (primary N) is 1. The zero-order valence-corrected chi connectivity index (χ0v) is 19.8. The lowest BCUT2D eigenvalue weighted by Gasteiger charge is -2.49. The number of carbonyl (C=O) groups excluding carboxylic acids is 2. The minimum absolute atomic E-state index is 0.0753. The highest BCUT2D eigenvalue weighted by molar-refractivity contribution is 8.01. The SMILES string of the molecule is NC(C(=O)NC1C(=O)N2C(C(=O)O)=C(CSc3nnnn3CCC(=O)O)CS[C@H]12)c1cccs1. The quantitative estimate of drug-likeness (QED) is 0.235. The van der Waals surface area contributed by atoms with Crippen molar-refractivity contribution in [1.82, 2.24) is 30.4 Å². The average Bonchev–Trinajstić information content (AvgIpc) is 3.50. The second-order valence-electron chi connectivity index (χ2n) is 7.26. The molecule has 1 fully saturated rings. The maximum atomic E-state index is 12.8. The van der Waals surface area contributed by atoms with Crippen molar-refractivity contribution in [2.45, 2.75) is 35.6 Å². The summed E-state index contributed by atoms with van der Waals surface area (Å²) in [7, 11) is 0. The van der Waals surface area contributed by atoms with Gasteiger partial charge in [-0.1, -0.05) is 17.8 Å². The van der Waals surface area contributed by atoms with Crippen molar-refractivity contribution >= 4 is 58.6 Å². The number of aliphatic carboxylic acids is 2. The van der Waals surface area contributed by atoms with E-state index in [4.69, 9.17) is 10.8 Å². The highest BCUT2D eigenvalue weighted by Crippen LogP contribution is 2.41. The lowest BCUT2D eigenvalue weighted by atomic mass is 10.0. The normalized spacial score (nSPS) is 20.5. The van der Waals surface area contributed by atoms with Crippen LogP contribution in [0.3, 0.4) is 0 Å². The largest absolute Gasteiger partial charge is 0.481 e. The van der Waals surface area contributed by atoms with Crippen molar-refractivity contribution in [1.29, 1.82) is 0 Å². The first-order valence-electron chi connectivity index (χ1n) is 9.88. The van der Waals surface area contributed by atoms with E-state index in [2.05, 4.69) is 20.8 Å². The van der Waals surface area contributed by atoms with Crippen molar-refractivity contribution in [3.8, 4) is 0 Å². The van der Waals surface area contributed by atoms with Gasteiger partial charge in [-0.25, -0.2) is 9.48 Å². The van der Waals surface area contributed by atoms with E-state index in [1.807, 2.05) is 0 Å². The smallest absolute Gasteiger partial charge is 0.352 e. The third-order valence-electron chi connectivity index (χ3n) is 5.09. The number of fused-ring (bicyclic) bond motifs is 1. The van der Waals surface area contributed by atoms with E-state index < -0.39 is 41.2 Å². The first-order valence-corrected chi connectivity index (χ1v) is 12.8. The minimum Gasteiger partial charge on any atom is -0.481 e. The first-order chi connectivity index (χ1) is 16.3. The third-order valence-corrected chi connectivity index (χ3v) is 8.43. The van der Waals surface area contributed by atoms with Gasteiger partial charge in [-0.05, 0) is 27.4 Å². The summed E-state index contributed by atoms with van der Waals surface area (Å²) in [5.74, 6) is -2.75. The molecular formula is C18H19N7O6S3. The van der Waals surface area contributed by atoms with E-state index in [1.165, 1.54) is 32.7 Å². The van der Waals surface area contributed by atoms with Crippen LogP contribution < -0.4 is 11.1 Å². The molecule has 180 valence electrons. The zero-order valence-electron chi connectivity index (χ0n) is 17.4. The number of β-lactam (4-membered cyclic amide) rings is 1. The Bertz CT molecular complexity index is 1150. The molecule has 4 heterocycles. The maximum absolute atomic E-state index is 12.8. The fourth-order valence-electron chi connectivity index (χ4n) is 3.43. The molecule has 4 rings (SSSR count). The van der Waals surface area contributed by atoms with Gasteiger partial charge in [0.25, 0.3) is 5.91 Å². The monoisotopic (exact) mass is 525 g/mol. The number of nitrogens with zero attached hydrogens (tertiary/aromatic N) is 5. The summed E-state index contributed by atoms with van der Waals surface area (Å²) in [4.78, 5) is 50.0. The molecule has 2 aliphatic rings. The molecule has 0 aliphatic carbocycles. The van der Waals surface area contributed by atoms with Crippen LogP contribution in [0.1, 0.15) is 17.3 Å². The average molecular weight is 526 g/mol. The van der Waals surface area contributed by atoms with Crippen molar-refractivity contribution in [2.75, 3.05) is 11.5 Å². The Balaban J connectivity index is 1.43.